The van der Waals surface area contributed by atoms with Gasteiger partial charge < -0.3 is 18.9 Å². The van der Waals surface area contributed by atoms with E-state index in [9.17, 15) is 0 Å². The van der Waals surface area contributed by atoms with E-state index in [0.29, 0.717) is 19.5 Å². The lowest BCUT2D eigenvalue weighted by atomic mass is 10.1. The van der Waals surface area contributed by atoms with Gasteiger partial charge in [-0.25, -0.2) is 0 Å². The van der Waals surface area contributed by atoms with Crippen LogP contribution in [0.2, 0.25) is 0 Å². The van der Waals surface area contributed by atoms with Gasteiger partial charge >= 0.3 is 0 Å². The lowest BCUT2D eigenvalue weighted by molar-refractivity contribution is -0.125. The Morgan fingerprint density at radius 2 is 1.70 bits per heavy atom. The van der Waals surface area contributed by atoms with Gasteiger partial charge in [0.25, 0.3) is 0 Å². The molecule has 4 nitrogen and oxygen atoms in total. The first-order valence-corrected chi connectivity index (χ1v) is 6.98. The van der Waals surface area contributed by atoms with E-state index in [1.54, 1.807) is 7.11 Å². The third-order valence-corrected chi connectivity index (χ3v) is 2.96. The molecule has 0 spiro atoms. The van der Waals surface area contributed by atoms with Crippen LogP contribution < -0.4 is 0 Å². The van der Waals surface area contributed by atoms with Crippen molar-refractivity contribution in [2.45, 2.75) is 20.3 Å². The molecule has 0 N–H and O–H groups in total. The van der Waals surface area contributed by atoms with Gasteiger partial charge in [0.05, 0.1) is 13.2 Å². The molecule has 4 heteroatoms. The lowest BCUT2D eigenvalue weighted by Gasteiger charge is -2.08. The molecule has 0 amide bonds. The van der Waals surface area contributed by atoms with Crippen molar-refractivity contribution in [2.75, 3.05) is 40.5 Å². The normalized spacial score (nSPS) is 17.6. The first kappa shape index (κ1) is 17.1. The summed E-state index contributed by atoms with van der Waals surface area (Å²) in [6.07, 6.45) is 1.10. The van der Waals surface area contributed by atoms with E-state index < -0.39 is 0 Å². The van der Waals surface area contributed by atoms with Gasteiger partial charge in [0.1, 0.15) is 13.6 Å². The Hall–Kier alpha value is -0.940. The van der Waals surface area contributed by atoms with E-state index >= 15 is 0 Å². The molecule has 0 radical (unpaired) electrons. The van der Waals surface area contributed by atoms with E-state index in [2.05, 4.69) is 42.8 Å². The van der Waals surface area contributed by atoms with E-state index in [-0.39, 0.29) is 0 Å². The number of hydrogen-bond acceptors (Lipinski definition) is 4. The molecule has 0 aliphatic carbocycles. The number of benzene rings is 1. The fourth-order valence-electron chi connectivity index (χ4n) is 1.74. The van der Waals surface area contributed by atoms with E-state index in [4.69, 9.17) is 14.2 Å². The number of rotatable bonds is 6. The van der Waals surface area contributed by atoms with Crippen molar-refractivity contribution in [1.29, 1.82) is 0 Å². The predicted octanol–water partition coefficient (Wildman–Crippen LogP) is 2.92. The molecular weight excluding hydrogens is 256 g/mol. The highest BCUT2D eigenvalue weighted by Crippen LogP contribution is 2.11. The molecule has 0 aromatic heterocycles. The van der Waals surface area contributed by atoms with Crippen LogP contribution in [0.4, 0.5) is 0 Å². The smallest absolute Gasteiger partial charge is 0.149 e. The molecule has 1 aliphatic rings. The molecule has 1 aromatic rings. The fraction of sp³-hybridized carbons (Fsp3) is 0.625. The van der Waals surface area contributed by atoms with Crippen LogP contribution in [0, 0.1) is 19.8 Å². The van der Waals surface area contributed by atoms with Gasteiger partial charge in [0, 0.05) is 19.6 Å². The largest absolute Gasteiger partial charge is 0.381 e. The van der Waals surface area contributed by atoms with Gasteiger partial charge in [-0.15, -0.1) is 0 Å². The highest BCUT2D eigenvalue weighted by atomic mass is 16.7. The van der Waals surface area contributed by atoms with Crippen molar-refractivity contribution in [3.63, 3.8) is 0 Å². The molecule has 20 heavy (non-hydrogen) atoms. The first-order valence-electron chi connectivity index (χ1n) is 6.98. The van der Waals surface area contributed by atoms with Crippen molar-refractivity contribution >= 4 is 0 Å². The van der Waals surface area contributed by atoms with Crippen LogP contribution in [0.1, 0.15) is 17.5 Å². The summed E-state index contributed by atoms with van der Waals surface area (Å²) in [6.45, 7) is 7.21. The van der Waals surface area contributed by atoms with Crippen molar-refractivity contribution in [3.8, 4) is 0 Å². The summed E-state index contributed by atoms with van der Waals surface area (Å²) < 4.78 is 20.1. The molecule has 1 atom stereocenters. The van der Waals surface area contributed by atoms with Gasteiger partial charge in [0.15, 0.2) is 0 Å². The third kappa shape index (κ3) is 8.27. The molecule has 1 saturated heterocycles. The average molecular weight is 282 g/mol. The summed E-state index contributed by atoms with van der Waals surface area (Å²) in [7, 11) is 1.59. The van der Waals surface area contributed by atoms with Crippen molar-refractivity contribution < 1.29 is 18.9 Å². The summed E-state index contributed by atoms with van der Waals surface area (Å²) in [4.78, 5) is 0. The second-order valence-electron chi connectivity index (χ2n) is 4.98. The molecule has 1 fully saturated rings. The van der Waals surface area contributed by atoms with Gasteiger partial charge in [-0.05, 0) is 20.3 Å². The minimum atomic E-state index is 0.293. The summed E-state index contributed by atoms with van der Waals surface area (Å²) in [6, 6.07) is 8.48. The van der Waals surface area contributed by atoms with Gasteiger partial charge in [0.2, 0.25) is 0 Å². The molecule has 2 rings (SSSR count). The molecule has 1 aromatic carbocycles. The van der Waals surface area contributed by atoms with Crippen LogP contribution in [0.5, 0.6) is 0 Å². The maximum absolute atomic E-state index is 5.24. The Bertz CT molecular complexity index is 310. The molecule has 0 saturated carbocycles. The number of aryl methyl sites for hydroxylation is 2. The summed E-state index contributed by atoms with van der Waals surface area (Å²) in [5.41, 5.74) is 2.66. The van der Waals surface area contributed by atoms with Crippen LogP contribution in [0.3, 0.4) is 0 Å². The quantitative estimate of drug-likeness (QED) is 0.594. The molecule has 0 bridgehead atoms. The Balaban J connectivity index is 0.000000217. The molecule has 1 unspecified atom stereocenters. The third-order valence-electron chi connectivity index (χ3n) is 2.96. The maximum atomic E-state index is 5.24. The van der Waals surface area contributed by atoms with E-state index in [1.165, 1.54) is 11.1 Å². The molecule has 1 aliphatic heterocycles. The summed E-state index contributed by atoms with van der Waals surface area (Å²) in [5, 5.41) is 0. The Kier molecular flexibility index (Phi) is 9.24. The zero-order valence-corrected chi connectivity index (χ0v) is 12.8. The molecular formula is C16H26O4. The van der Waals surface area contributed by atoms with Crippen LogP contribution in [-0.2, 0) is 18.9 Å². The van der Waals surface area contributed by atoms with Gasteiger partial charge in [-0.2, -0.15) is 0 Å². The van der Waals surface area contributed by atoms with Crippen molar-refractivity contribution in [3.05, 3.63) is 35.4 Å². The van der Waals surface area contributed by atoms with Gasteiger partial charge in [-0.1, -0.05) is 35.4 Å². The van der Waals surface area contributed by atoms with Crippen molar-refractivity contribution in [2.24, 2.45) is 5.92 Å². The standard InChI is InChI=1S/C8H16O4.C8H10/c1-9-6-12-7-11-5-8-2-3-10-4-8;1-7-3-5-8(2)6-4-7/h8H,2-7H2,1H3;3-6H,1-2H3. The van der Waals surface area contributed by atoms with E-state index in [0.717, 1.165) is 26.2 Å². The minimum absolute atomic E-state index is 0.293. The Labute approximate surface area is 122 Å². The minimum Gasteiger partial charge on any atom is -0.381 e. The Morgan fingerprint density at radius 3 is 2.20 bits per heavy atom. The van der Waals surface area contributed by atoms with Crippen LogP contribution in [0.25, 0.3) is 0 Å². The number of hydrogen-bond donors (Lipinski definition) is 0. The highest BCUT2D eigenvalue weighted by Gasteiger charge is 2.15. The maximum Gasteiger partial charge on any atom is 0.149 e. The number of methoxy groups -OCH3 is 1. The first-order chi connectivity index (χ1) is 9.72. The monoisotopic (exact) mass is 282 g/mol. The zero-order valence-electron chi connectivity index (χ0n) is 12.8. The van der Waals surface area contributed by atoms with Gasteiger partial charge in [-0.3, -0.25) is 0 Å². The highest BCUT2D eigenvalue weighted by molar-refractivity contribution is 5.19. The Morgan fingerprint density at radius 1 is 1.05 bits per heavy atom. The van der Waals surface area contributed by atoms with Crippen LogP contribution in [-0.4, -0.2) is 40.5 Å². The summed E-state index contributed by atoms with van der Waals surface area (Å²) >= 11 is 0. The summed E-state index contributed by atoms with van der Waals surface area (Å²) in [5.74, 6) is 0.552. The van der Waals surface area contributed by atoms with Crippen LogP contribution >= 0.6 is 0 Å². The average Bonchev–Trinajstić information content (AvgIpc) is 2.96. The molecule has 1 heterocycles. The second-order valence-corrected chi connectivity index (χ2v) is 4.98. The van der Waals surface area contributed by atoms with E-state index in [1.807, 2.05) is 0 Å². The zero-order chi connectivity index (χ0) is 14.6. The second kappa shape index (κ2) is 10.8. The SMILES string of the molecule is COCOCOCC1CCOC1.Cc1ccc(C)cc1. The molecule has 114 valence electrons. The fourth-order valence-corrected chi connectivity index (χ4v) is 1.74. The van der Waals surface area contributed by atoms with Crippen molar-refractivity contribution in [1.82, 2.24) is 0 Å². The lowest BCUT2D eigenvalue weighted by Crippen LogP contribution is -2.11. The van der Waals surface area contributed by atoms with Crippen LogP contribution in [0.15, 0.2) is 24.3 Å². The predicted molar refractivity (Wildman–Crippen MR) is 78.6 cm³/mol. The number of ether oxygens (including phenoxy) is 4. The topological polar surface area (TPSA) is 36.9 Å².